The minimum absolute atomic E-state index is 0.0706. The molecule has 1 unspecified atom stereocenters. The number of carbonyl (C=O) groups excluding carboxylic acids is 3. The summed E-state index contributed by atoms with van der Waals surface area (Å²) in [6.07, 6.45) is 63.6. The molecule has 0 N–H and O–H groups in total. The van der Waals surface area contributed by atoms with E-state index in [2.05, 4.69) is 45.1 Å². The van der Waals surface area contributed by atoms with Crippen LogP contribution in [0.2, 0.25) is 0 Å². The van der Waals surface area contributed by atoms with Crippen molar-refractivity contribution in [2.24, 2.45) is 0 Å². The lowest BCUT2D eigenvalue weighted by Gasteiger charge is -2.18. The van der Waals surface area contributed by atoms with Gasteiger partial charge in [-0.15, -0.1) is 0 Å². The second kappa shape index (κ2) is 54.5. The fraction of sp³-hybridized carbons (Fsp3) is 0.881. The first-order valence-corrected chi connectivity index (χ1v) is 28.8. The Labute approximate surface area is 404 Å². The molecule has 382 valence electrons. The number of carbonyl (C=O) groups is 3. The minimum Gasteiger partial charge on any atom is -0.462 e. The molecular weight excluding hydrogens is 805 g/mol. The number of rotatable bonds is 53. The Morgan fingerprint density at radius 1 is 0.292 bits per heavy atom. The third-order valence-electron chi connectivity index (χ3n) is 12.9. The summed E-state index contributed by atoms with van der Waals surface area (Å²) in [6.45, 7) is 6.58. The zero-order valence-electron chi connectivity index (χ0n) is 43.8. The third-order valence-corrected chi connectivity index (χ3v) is 12.9. The second-order valence-corrected chi connectivity index (χ2v) is 19.6. The Bertz CT molecular complexity index is 1050. The summed E-state index contributed by atoms with van der Waals surface area (Å²) in [6, 6.07) is 0. The molecule has 6 heteroatoms. The number of allylic oxidation sites excluding steroid dienone is 4. The lowest BCUT2D eigenvalue weighted by atomic mass is 10.0. The maximum atomic E-state index is 12.7. The highest BCUT2D eigenvalue weighted by atomic mass is 16.6. The van der Waals surface area contributed by atoms with E-state index in [1.165, 1.54) is 212 Å². The van der Waals surface area contributed by atoms with Crippen molar-refractivity contribution < 1.29 is 28.6 Å². The Hall–Kier alpha value is -2.11. The van der Waals surface area contributed by atoms with E-state index >= 15 is 0 Å². The Morgan fingerprint density at radius 2 is 0.523 bits per heavy atom. The summed E-state index contributed by atoms with van der Waals surface area (Å²) in [5, 5.41) is 0. The van der Waals surface area contributed by atoms with Crippen LogP contribution in [0, 0.1) is 0 Å². The number of hydrogen-bond acceptors (Lipinski definition) is 6. The van der Waals surface area contributed by atoms with Crippen molar-refractivity contribution in [3.8, 4) is 0 Å². The molecule has 6 nitrogen and oxygen atoms in total. The molecule has 0 radical (unpaired) electrons. The molecule has 0 aliphatic carbocycles. The maximum Gasteiger partial charge on any atom is 0.306 e. The predicted molar refractivity (Wildman–Crippen MR) is 279 cm³/mol. The van der Waals surface area contributed by atoms with Gasteiger partial charge in [-0.3, -0.25) is 14.4 Å². The van der Waals surface area contributed by atoms with E-state index in [4.69, 9.17) is 14.2 Å². The molecule has 0 fully saturated rings. The molecule has 1 atom stereocenters. The largest absolute Gasteiger partial charge is 0.462 e. The molecule has 65 heavy (non-hydrogen) atoms. The number of esters is 3. The van der Waals surface area contributed by atoms with Gasteiger partial charge in [-0.25, -0.2) is 0 Å². The first kappa shape index (κ1) is 62.9. The van der Waals surface area contributed by atoms with Crippen LogP contribution >= 0.6 is 0 Å². The van der Waals surface area contributed by atoms with Crippen molar-refractivity contribution in [2.75, 3.05) is 13.2 Å². The van der Waals surface area contributed by atoms with Crippen molar-refractivity contribution in [2.45, 2.75) is 322 Å². The van der Waals surface area contributed by atoms with E-state index in [1.54, 1.807) is 0 Å². The van der Waals surface area contributed by atoms with Gasteiger partial charge in [0, 0.05) is 19.3 Å². The molecule has 0 aromatic carbocycles. The summed E-state index contributed by atoms with van der Waals surface area (Å²) in [4.78, 5) is 37.8. The van der Waals surface area contributed by atoms with Crippen molar-refractivity contribution >= 4 is 17.9 Å². The van der Waals surface area contributed by atoms with Gasteiger partial charge >= 0.3 is 17.9 Å². The summed E-state index contributed by atoms with van der Waals surface area (Å²) in [7, 11) is 0. The van der Waals surface area contributed by atoms with Gasteiger partial charge < -0.3 is 14.2 Å². The molecule has 0 heterocycles. The monoisotopic (exact) mass is 915 g/mol. The zero-order valence-corrected chi connectivity index (χ0v) is 43.8. The zero-order chi connectivity index (χ0) is 47.2. The summed E-state index contributed by atoms with van der Waals surface area (Å²) >= 11 is 0. The number of unbranched alkanes of at least 4 members (excludes halogenated alkanes) is 38. The fourth-order valence-electron chi connectivity index (χ4n) is 8.54. The van der Waals surface area contributed by atoms with Crippen LogP contribution in [0.3, 0.4) is 0 Å². The fourth-order valence-corrected chi connectivity index (χ4v) is 8.54. The van der Waals surface area contributed by atoms with Crippen molar-refractivity contribution in [3.63, 3.8) is 0 Å². The van der Waals surface area contributed by atoms with Crippen LogP contribution in [-0.2, 0) is 28.6 Å². The molecule has 0 amide bonds. The van der Waals surface area contributed by atoms with E-state index < -0.39 is 6.10 Å². The van der Waals surface area contributed by atoms with E-state index in [9.17, 15) is 14.4 Å². The smallest absolute Gasteiger partial charge is 0.306 e. The third kappa shape index (κ3) is 52.7. The van der Waals surface area contributed by atoms with Gasteiger partial charge in [0.1, 0.15) is 13.2 Å². The molecule has 0 aliphatic rings. The van der Waals surface area contributed by atoms with E-state index in [1.807, 2.05) is 0 Å². The van der Waals surface area contributed by atoms with E-state index in [0.717, 1.165) is 64.2 Å². The Kier molecular flexibility index (Phi) is 52.7. The van der Waals surface area contributed by atoms with Gasteiger partial charge in [-0.1, -0.05) is 257 Å². The molecule has 0 spiro atoms. The standard InChI is InChI=1S/C59H110O6/c1-4-7-10-13-16-18-20-21-22-23-24-25-26-27-28-29-30-31-32-33-34-35-36-37-39-40-43-46-49-52-58(61)64-55-56(54-63-57(60)51-48-45-42-15-12-9-6-3)65-59(62)53-50-47-44-41-38-19-17-14-11-8-5-2/h14,17,23-24,56H,4-13,15-16,18-22,25-55H2,1-3H3/b17-14-,24-23-. The van der Waals surface area contributed by atoms with Crippen molar-refractivity contribution in [3.05, 3.63) is 24.3 Å². The van der Waals surface area contributed by atoms with Crippen molar-refractivity contribution in [1.82, 2.24) is 0 Å². The topological polar surface area (TPSA) is 78.9 Å². The minimum atomic E-state index is -0.768. The lowest BCUT2D eigenvalue weighted by Crippen LogP contribution is -2.30. The molecule has 0 saturated carbocycles. The van der Waals surface area contributed by atoms with Crippen molar-refractivity contribution in [1.29, 1.82) is 0 Å². The van der Waals surface area contributed by atoms with Gasteiger partial charge in [-0.2, -0.15) is 0 Å². The molecule has 0 aromatic rings. The van der Waals surface area contributed by atoms with Crippen LogP contribution in [0.4, 0.5) is 0 Å². The average Bonchev–Trinajstić information content (AvgIpc) is 3.30. The number of ether oxygens (including phenoxy) is 3. The lowest BCUT2D eigenvalue weighted by molar-refractivity contribution is -0.167. The molecule has 0 saturated heterocycles. The summed E-state index contributed by atoms with van der Waals surface area (Å²) in [5.41, 5.74) is 0. The normalized spacial score (nSPS) is 12.1. The Balaban J connectivity index is 3.96. The average molecular weight is 916 g/mol. The Morgan fingerprint density at radius 3 is 0.815 bits per heavy atom. The van der Waals surface area contributed by atoms with Gasteiger partial charge in [0.05, 0.1) is 0 Å². The summed E-state index contributed by atoms with van der Waals surface area (Å²) in [5.74, 6) is -0.874. The van der Waals surface area contributed by atoms with Gasteiger partial charge in [0.2, 0.25) is 0 Å². The molecular formula is C59H110O6. The first-order valence-electron chi connectivity index (χ1n) is 28.8. The predicted octanol–water partition coefficient (Wildman–Crippen LogP) is 19.1. The number of hydrogen-bond donors (Lipinski definition) is 0. The van der Waals surface area contributed by atoms with E-state index in [0.29, 0.717) is 19.3 Å². The van der Waals surface area contributed by atoms with Crippen LogP contribution in [0.5, 0.6) is 0 Å². The summed E-state index contributed by atoms with van der Waals surface area (Å²) < 4.78 is 16.7. The highest BCUT2D eigenvalue weighted by Crippen LogP contribution is 2.17. The molecule has 0 aliphatic heterocycles. The molecule has 0 aromatic heterocycles. The SMILES string of the molecule is CCCC/C=C\CCCCCCCC(=O)OC(COC(=O)CCCCCCCCC)COC(=O)CCCCCCCCCCCCCCCCCCC/C=C\CCCCCCCCCC. The van der Waals surface area contributed by atoms with Crippen LogP contribution in [0.1, 0.15) is 316 Å². The van der Waals surface area contributed by atoms with Crippen LogP contribution < -0.4 is 0 Å². The van der Waals surface area contributed by atoms with E-state index in [-0.39, 0.29) is 31.1 Å². The van der Waals surface area contributed by atoms with Crippen LogP contribution in [0.15, 0.2) is 24.3 Å². The van der Waals surface area contributed by atoms with Gasteiger partial charge in [-0.05, 0) is 64.2 Å². The second-order valence-electron chi connectivity index (χ2n) is 19.6. The van der Waals surface area contributed by atoms with Crippen LogP contribution in [0.25, 0.3) is 0 Å². The highest BCUT2D eigenvalue weighted by Gasteiger charge is 2.19. The highest BCUT2D eigenvalue weighted by molar-refractivity contribution is 5.71. The van der Waals surface area contributed by atoms with Crippen LogP contribution in [-0.4, -0.2) is 37.2 Å². The van der Waals surface area contributed by atoms with Gasteiger partial charge in [0.25, 0.3) is 0 Å². The molecule has 0 rings (SSSR count). The molecule has 0 bridgehead atoms. The quantitative estimate of drug-likeness (QED) is 0.0262. The first-order chi connectivity index (χ1) is 32.0. The van der Waals surface area contributed by atoms with Gasteiger partial charge in [0.15, 0.2) is 6.10 Å². The maximum absolute atomic E-state index is 12.7.